The van der Waals surface area contributed by atoms with Gasteiger partial charge in [-0.1, -0.05) is 29.8 Å². The molecule has 1 saturated carbocycles. The van der Waals surface area contributed by atoms with Crippen LogP contribution >= 0.6 is 11.6 Å². The van der Waals surface area contributed by atoms with Crippen molar-refractivity contribution in [3.63, 3.8) is 0 Å². The molecule has 0 aliphatic heterocycles. The number of nitrogens with zero attached hydrogens (tertiary/aromatic N) is 1. The SMILES string of the molecule is Clc1cn(CCCCNC2CC2)c2ccccc12. The molecule has 1 aromatic heterocycles. The first kappa shape index (κ1) is 12.1. The van der Waals surface area contributed by atoms with E-state index >= 15 is 0 Å². The van der Waals surface area contributed by atoms with Crippen molar-refractivity contribution in [3.8, 4) is 0 Å². The van der Waals surface area contributed by atoms with Crippen molar-refractivity contribution in [2.45, 2.75) is 38.3 Å². The molecule has 1 heterocycles. The molecule has 2 aromatic rings. The molecule has 18 heavy (non-hydrogen) atoms. The van der Waals surface area contributed by atoms with Crippen molar-refractivity contribution in [3.05, 3.63) is 35.5 Å². The van der Waals surface area contributed by atoms with Gasteiger partial charge in [-0.25, -0.2) is 0 Å². The van der Waals surface area contributed by atoms with Gasteiger partial charge in [0.1, 0.15) is 0 Å². The maximum absolute atomic E-state index is 6.23. The van der Waals surface area contributed by atoms with E-state index in [0.29, 0.717) is 0 Å². The van der Waals surface area contributed by atoms with Crippen LogP contribution in [0.4, 0.5) is 0 Å². The molecule has 0 spiro atoms. The fourth-order valence-electron chi connectivity index (χ4n) is 2.39. The molecular formula is C15H19ClN2. The third-order valence-corrected chi connectivity index (χ3v) is 3.88. The first-order valence-electron chi connectivity index (χ1n) is 6.81. The third kappa shape index (κ3) is 2.70. The number of aryl methyl sites for hydroxylation is 1. The van der Waals surface area contributed by atoms with Crippen LogP contribution in [0.15, 0.2) is 30.5 Å². The number of unbranched alkanes of at least 4 members (excludes halogenated alkanes) is 1. The quantitative estimate of drug-likeness (QED) is 0.783. The van der Waals surface area contributed by atoms with Gasteiger partial charge in [-0.15, -0.1) is 0 Å². The lowest BCUT2D eigenvalue weighted by Crippen LogP contribution is -2.17. The van der Waals surface area contributed by atoms with E-state index in [0.717, 1.165) is 29.5 Å². The largest absolute Gasteiger partial charge is 0.346 e. The molecule has 3 heteroatoms. The Hall–Kier alpha value is -0.990. The highest BCUT2D eigenvalue weighted by Gasteiger charge is 2.19. The van der Waals surface area contributed by atoms with Crippen molar-refractivity contribution in [2.24, 2.45) is 0 Å². The van der Waals surface area contributed by atoms with Gasteiger partial charge in [0.15, 0.2) is 0 Å². The van der Waals surface area contributed by atoms with Gasteiger partial charge in [0.2, 0.25) is 0 Å². The average Bonchev–Trinajstić information content (AvgIpc) is 3.16. The molecule has 1 aliphatic rings. The van der Waals surface area contributed by atoms with Gasteiger partial charge in [-0.2, -0.15) is 0 Å². The van der Waals surface area contributed by atoms with Crippen LogP contribution in [0.3, 0.4) is 0 Å². The molecule has 0 saturated heterocycles. The number of halogens is 1. The molecule has 0 amide bonds. The summed E-state index contributed by atoms with van der Waals surface area (Å²) in [7, 11) is 0. The average molecular weight is 263 g/mol. The maximum atomic E-state index is 6.23. The first-order valence-corrected chi connectivity index (χ1v) is 7.19. The molecule has 1 aliphatic carbocycles. The van der Waals surface area contributed by atoms with E-state index in [1.807, 2.05) is 6.07 Å². The Kier molecular flexibility index (Phi) is 3.57. The highest BCUT2D eigenvalue weighted by molar-refractivity contribution is 6.35. The maximum Gasteiger partial charge on any atom is 0.0661 e. The Morgan fingerprint density at radius 2 is 2.06 bits per heavy atom. The molecule has 0 radical (unpaired) electrons. The van der Waals surface area contributed by atoms with Crippen LogP contribution in [0.2, 0.25) is 5.02 Å². The van der Waals surface area contributed by atoms with Gasteiger partial charge >= 0.3 is 0 Å². The Bertz CT molecular complexity index is 528. The lowest BCUT2D eigenvalue weighted by molar-refractivity contribution is 0.575. The monoisotopic (exact) mass is 262 g/mol. The van der Waals surface area contributed by atoms with Gasteiger partial charge in [0.05, 0.1) is 5.02 Å². The number of fused-ring (bicyclic) bond motifs is 1. The van der Waals surface area contributed by atoms with Crippen LogP contribution in [-0.4, -0.2) is 17.2 Å². The molecule has 0 unspecified atom stereocenters. The summed E-state index contributed by atoms with van der Waals surface area (Å²) >= 11 is 6.23. The Morgan fingerprint density at radius 1 is 1.22 bits per heavy atom. The van der Waals surface area contributed by atoms with Crippen molar-refractivity contribution >= 4 is 22.5 Å². The molecule has 1 aromatic carbocycles. The minimum atomic E-state index is 0.826. The lowest BCUT2D eigenvalue weighted by atomic mass is 10.2. The summed E-state index contributed by atoms with van der Waals surface area (Å²) in [5, 5.41) is 5.57. The van der Waals surface area contributed by atoms with E-state index in [9.17, 15) is 0 Å². The van der Waals surface area contributed by atoms with Crippen LogP contribution < -0.4 is 5.32 Å². The number of rotatable bonds is 6. The number of hydrogen-bond donors (Lipinski definition) is 1. The summed E-state index contributed by atoms with van der Waals surface area (Å²) in [5.74, 6) is 0. The van der Waals surface area contributed by atoms with Crippen LogP contribution in [0, 0.1) is 0 Å². The van der Waals surface area contributed by atoms with Gasteiger partial charge in [-0.05, 0) is 38.3 Å². The van der Waals surface area contributed by atoms with Gasteiger partial charge in [0.25, 0.3) is 0 Å². The molecule has 96 valence electrons. The summed E-state index contributed by atoms with van der Waals surface area (Å²) in [6.07, 6.45) is 7.24. The number of para-hydroxylation sites is 1. The summed E-state index contributed by atoms with van der Waals surface area (Å²) in [6.45, 7) is 2.21. The summed E-state index contributed by atoms with van der Waals surface area (Å²) < 4.78 is 2.27. The second-order valence-electron chi connectivity index (χ2n) is 5.12. The molecule has 2 nitrogen and oxygen atoms in total. The van der Waals surface area contributed by atoms with Gasteiger partial charge in [0, 0.05) is 29.7 Å². The number of benzene rings is 1. The van der Waals surface area contributed by atoms with Crippen molar-refractivity contribution in [2.75, 3.05) is 6.54 Å². The van der Waals surface area contributed by atoms with Gasteiger partial charge < -0.3 is 9.88 Å². The fraction of sp³-hybridized carbons (Fsp3) is 0.467. The molecule has 0 atom stereocenters. The van der Waals surface area contributed by atoms with E-state index in [1.165, 1.54) is 31.2 Å². The van der Waals surface area contributed by atoms with Crippen LogP contribution in [-0.2, 0) is 6.54 Å². The summed E-state index contributed by atoms with van der Waals surface area (Å²) in [4.78, 5) is 0. The standard InChI is InChI=1S/C15H19ClN2/c16-14-11-18(15-6-2-1-5-13(14)15)10-4-3-9-17-12-7-8-12/h1-2,5-6,11-12,17H,3-4,7-10H2. The summed E-state index contributed by atoms with van der Waals surface area (Å²) in [5.41, 5.74) is 1.25. The molecule has 0 bridgehead atoms. The zero-order chi connectivity index (χ0) is 12.4. The number of hydrogen-bond acceptors (Lipinski definition) is 1. The molecule has 1 fully saturated rings. The van der Waals surface area contributed by atoms with Crippen LogP contribution in [0.25, 0.3) is 10.9 Å². The van der Waals surface area contributed by atoms with Crippen LogP contribution in [0.5, 0.6) is 0 Å². The minimum absolute atomic E-state index is 0.826. The zero-order valence-electron chi connectivity index (χ0n) is 10.5. The van der Waals surface area contributed by atoms with Gasteiger partial charge in [-0.3, -0.25) is 0 Å². The smallest absolute Gasteiger partial charge is 0.0661 e. The topological polar surface area (TPSA) is 17.0 Å². The molecule has 1 N–H and O–H groups in total. The van der Waals surface area contributed by atoms with E-state index in [4.69, 9.17) is 11.6 Å². The normalized spacial score (nSPS) is 15.4. The lowest BCUT2D eigenvalue weighted by Gasteiger charge is -2.06. The van der Waals surface area contributed by atoms with Crippen LogP contribution in [0.1, 0.15) is 25.7 Å². The number of nitrogens with one attached hydrogen (secondary N) is 1. The predicted octanol–water partition coefficient (Wildman–Crippen LogP) is 3.83. The summed E-state index contributed by atoms with van der Waals surface area (Å²) in [6, 6.07) is 9.17. The Balaban J connectivity index is 1.56. The molecule has 3 rings (SSSR count). The highest BCUT2D eigenvalue weighted by Crippen LogP contribution is 2.25. The highest BCUT2D eigenvalue weighted by atomic mass is 35.5. The Labute approximate surface area is 113 Å². The Morgan fingerprint density at radius 3 is 2.89 bits per heavy atom. The van der Waals surface area contributed by atoms with E-state index < -0.39 is 0 Å². The van der Waals surface area contributed by atoms with E-state index in [-0.39, 0.29) is 0 Å². The van der Waals surface area contributed by atoms with E-state index in [1.54, 1.807) is 0 Å². The number of aromatic nitrogens is 1. The predicted molar refractivity (Wildman–Crippen MR) is 77.2 cm³/mol. The van der Waals surface area contributed by atoms with Crippen molar-refractivity contribution in [1.82, 2.24) is 9.88 Å². The van der Waals surface area contributed by atoms with E-state index in [2.05, 4.69) is 34.3 Å². The first-order chi connectivity index (χ1) is 8.84. The molecular weight excluding hydrogens is 244 g/mol. The zero-order valence-corrected chi connectivity index (χ0v) is 11.3. The second kappa shape index (κ2) is 5.33. The third-order valence-electron chi connectivity index (χ3n) is 3.58. The fourth-order valence-corrected chi connectivity index (χ4v) is 2.67. The van der Waals surface area contributed by atoms with Crippen molar-refractivity contribution in [1.29, 1.82) is 0 Å². The second-order valence-corrected chi connectivity index (χ2v) is 5.53. The van der Waals surface area contributed by atoms with Crippen molar-refractivity contribution < 1.29 is 0 Å². The minimum Gasteiger partial charge on any atom is -0.346 e.